The average Bonchev–Trinajstić information content (AvgIpc) is 2.77. The number of hydrogen-bond donors (Lipinski definition) is 1. The minimum atomic E-state index is -5.28. The molecule has 0 aromatic heterocycles. The molecule has 0 fully saturated rings. The summed E-state index contributed by atoms with van der Waals surface area (Å²) in [7, 11) is 0. The molecule has 3 rings (SSSR count). The van der Waals surface area contributed by atoms with Crippen LogP contribution in [0.3, 0.4) is 0 Å². The minimum Gasteiger partial charge on any atom is -0.488 e. The van der Waals surface area contributed by atoms with Gasteiger partial charge in [-0.15, -0.1) is 0 Å². The summed E-state index contributed by atoms with van der Waals surface area (Å²) >= 11 is 5.83. The van der Waals surface area contributed by atoms with Crippen LogP contribution in [0.15, 0.2) is 60.7 Å². The SMILES string of the molecule is CCOc1c(F)cc(C(O)(COCc2cccc(Oc3ccc(Cl)cc3)c2)C(F)(F)F)cc1F. The fourth-order valence-electron chi connectivity index (χ4n) is 3.06. The summed E-state index contributed by atoms with van der Waals surface area (Å²) in [5, 5.41) is 10.9. The van der Waals surface area contributed by atoms with Crippen LogP contribution in [-0.4, -0.2) is 24.5 Å². The second-order valence-corrected chi connectivity index (χ2v) is 7.69. The molecule has 0 aliphatic carbocycles. The second-order valence-electron chi connectivity index (χ2n) is 7.26. The molecule has 1 atom stereocenters. The molecule has 1 N–H and O–H groups in total. The highest BCUT2D eigenvalue weighted by molar-refractivity contribution is 6.30. The van der Waals surface area contributed by atoms with Crippen LogP contribution in [0.25, 0.3) is 0 Å². The van der Waals surface area contributed by atoms with Crippen molar-refractivity contribution in [3.8, 4) is 17.2 Å². The van der Waals surface area contributed by atoms with Gasteiger partial charge in [0.2, 0.25) is 5.60 Å². The quantitative estimate of drug-likeness (QED) is 0.328. The van der Waals surface area contributed by atoms with E-state index in [9.17, 15) is 27.1 Å². The van der Waals surface area contributed by atoms with Crippen LogP contribution in [0.2, 0.25) is 5.02 Å². The van der Waals surface area contributed by atoms with Gasteiger partial charge in [-0.05, 0) is 61.0 Å². The first-order valence-corrected chi connectivity index (χ1v) is 10.4. The lowest BCUT2D eigenvalue weighted by Crippen LogP contribution is -2.46. The van der Waals surface area contributed by atoms with E-state index in [1.807, 2.05) is 0 Å². The van der Waals surface area contributed by atoms with Crippen LogP contribution in [0.5, 0.6) is 17.2 Å². The van der Waals surface area contributed by atoms with Gasteiger partial charge in [0.15, 0.2) is 17.4 Å². The van der Waals surface area contributed by atoms with E-state index in [4.69, 9.17) is 25.8 Å². The third kappa shape index (κ3) is 5.97. The van der Waals surface area contributed by atoms with Crippen molar-refractivity contribution in [1.29, 1.82) is 0 Å². The van der Waals surface area contributed by atoms with Gasteiger partial charge in [-0.2, -0.15) is 13.2 Å². The van der Waals surface area contributed by atoms with Crippen LogP contribution >= 0.6 is 11.6 Å². The van der Waals surface area contributed by atoms with Crippen molar-refractivity contribution in [1.82, 2.24) is 0 Å². The molecule has 182 valence electrons. The largest absolute Gasteiger partial charge is 0.488 e. The molecule has 10 heteroatoms. The molecule has 0 aliphatic rings. The van der Waals surface area contributed by atoms with Crippen LogP contribution in [0.4, 0.5) is 22.0 Å². The van der Waals surface area contributed by atoms with E-state index in [0.29, 0.717) is 34.2 Å². The Bertz CT molecular complexity index is 1100. The zero-order valence-electron chi connectivity index (χ0n) is 17.8. The predicted molar refractivity (Wildman–Crippen MR) is 115 cm³/mol. The van der Waals surface area contributed by atoms with Gasteiger partial charge in [-0.25, -0.2) is 8.78 Å². The van der Waals surface area contributed by atoms with E-state index in [0.717, 1.165) is 0 Å². The van der Waals surface area contributed by atoms with Crippen molar-refractivity contribution in [2.75, 3.05) is 13.2 Å². The molecular formula is C24H20ClF5O4. The Morgan fingerprint density at radius 1 is 0.912 bits per heavy atom. The Morgan fingerprint density at radius 2 is 1.56 bits per heavy atom. The number of rotatable bonds is 9. The molecule has 0 saturated carbocycles. The van der Waals surface area contributed by atoms with Crippen molar-refractivity contribution < 1.29 is 41.3 Å². The molecule has 34 heavy (non-hydrogen) atoms. The van der Waals surface area contributed by atoms with E-state index >= 15 is 0 Å². The van der Waals surface area contributed by atoms with Crippen molar-refractivity contribution in [2.45, 2.75) is 25.3 Å². The molecule has 0 heterocycles. The molecule has 0 aliphatic heterocycles. The summed E-state index contributed by atoms with van der Waals surface area (Å²) in [6.07, 6.45) is -5.28. The number of halogens is 6. The third-order valence-electron chi connectivity index (χ3n) is 4.76. The molecule has 4 nitrogen and oxygen atoms in total. The Kier molecular flexibility index (Phi) is 8.01. The first kappa shape index (κ1) is 25.7. The fraction of sp³-hybridized carbons (Fsp3) is 0.250. The normalized spacial score (nSPS) is 13.4. The summed E-state index contributed by atoms with van der Waals surface area (Å²) in [5.74, 6) is -2.68. The lowest BCUT2D eigenvalue weighted by Gasteiger charge is -2.31. The molecule has 0 amide bonds. The Balaban J connectivity index is 1.75. The number of aliphatic hydroxyl groups is 1. The molecule has 3 aromatic rings. The van der Waals surface area contributed by atoms with Crippen molar-refractivity contribution in [3.05, 3.63) is 88.4 Å². The van der Waals surface area contributed by atoms with Crippen molar-refractivity contribution in [2.24, 2.45) is 0 Å². The molecule has 3 aromatic carbocycles. The zero-order chi connectivity index (χ0) is 24.9. The Morgan fingerprint density at radius 3 is 2.15 bits per heavy atom. The standard InChI is InChI=1S/C24H20ClF5O4/c1-2-33-22-20(26)11-16(12-21(22)27)23(31,24(28,29)30)14-32-13-15-4-3-5-19(10-15)34-18-8-6-17(25)7-9-18/h3-12,31H,2,13-14H2,1H3. The van der Waals surface area contributed by atoms with E-state index in [-0.39, 0.29) is 13.2 Å². The summed E-state index contributed by atoms with van der Waals surface area (Å²) in [6.45, 7) is -0.271. The number of hydrogen-bond acceptors (Lipinski definition) is 4. The molecule has 0 spiro atoms. The highest BCUT2D eigenvalue weighted by Gasteiger charge is 2.56. The maximum atomic E-state index is 14.1. The number of benzene rings is 3. The predicted octanol–water partition coefficient (Wildman–Crippen LogP) is 6.78. The summed E-state index contributed by atoms with van der Waals surface area (Å²) < 4.78 is 85.0. The van der Waals surface area contributed by atoms with E-state index in [1.54, 1.807) is 42.5 Å². The maximum absolute atomic E-state index is 14.1. The summed E-state index contributed by atoms with van der Waals surface area (Å²) in [6, 6.07) is 13.7. The second kappa shape index (κ2) is 10.6. The maximum Gasteiger partial charge on any atom is 0.423 e. The highest BCUT2D eigenvalue weighted by atomic mass is 35.5. The van der Waals surface area contributed by atoms with Gasteiger partial charge in [0.25, 0.3) is 0 Å². The molecule has 0 bridgehead atoms. The number of alkyl halides is 3. The zero-order valence-corrected chi connectivity index (χ0v) is 18.6. The topological polar surface area (TPSA) is 47.9 Å². The number of ether oxygens (including phenoxy) is 3. The first-order valence-electron chi connectivity index (χ1n) is 10.0. The van der Waals surface area contributed by atoms with Crippen LogP contribution in [-0.2, 0) is 16.9 Å². The molecular weight excluding hydrogens is 483 g/mol. The van der Waals surface area contributed by atoms with Crippen LogP contribution < -0.4 is 9.47 Å². The fourth-order valence-corrected chi connectivity index (χ4v) is 3.19. The van der Waals surface area contributed by atoms with Gasteiger partial charge in [-0.3, -0.25) is 0 Å². The van der Waals surface area contributed by atoms with Gasteiger partial charge in [0.1, 0.15) is 11.5 Å². The van der Waals surface area contributed by atoms with Crippen molar-refractivity contribution >= 4 is 11.6 Å². The third-order valence-corrected chi connectivity index (χ3v) is 5.01. The van der Waals surface area contributed by atoms with Gasteiger partial charge < -0.3 is 19.3 Å². The van der Waals surface area contributed by atoms with E-state index in [2.05, 4.69) is 0 Å². The lowest BCUT2D eigenvalue weighted by molar-refractivity contribution is -0.283. The summed E-state index contributed by atoms with van der Waals surface area (Å²) in [4.78, 5) is 0. The Hall–Kier alpha value is -2.88. The van der Waals surface area contributed by atoms with Crippen LogP contribution in [0.1, 0.15) is 18.1 Å². The Labute approximate surface area is 197 Å². The minimum absolute atomic E-state index is 0.0966. The molecule has 0 saturated heterocycles. The van der Waals surface area contributed by atoms with Gasteiger partial charge in [0.05, 0.1) is 19.8 Å². The van der Waals surface area contributed by atoms with Gasteiger partial charge in [0, 0.05) is 10.6 Å². The first-order chi connectivity index (χ1) is 16.0. The van der Waals surface area contributed by atoms with E-state index in [1.165, 1.54) is 13.0 Å². The average molecular weight is 503 g/mol. The lowest BCUT2D eigenvalue weighted by atomic mass is 9.93. The van der Waals surface area contributed by atoms with Crippen LogP contribution in [0, 0.1) is 11.6 Å². The van der Waals surface area contributed by atoms with Gasteiger partial charge in [-0.1, -0.05) is 23.7 Å². The van der Waals surface area contributed by atoms with Gasteiger partial charge >= 0.3 is 6.18 Å². The molecule has 0 radical (unpaired) electrons. The summed E-state index contributed by atoms with van der Waals surface area (Å²) in [5.41, 5.74) is -4.25. The van der Waals surface area contributed by atoms with Crippen molar-refractivity contribution in [3.63, 3.8) is 0 Å². The van der Waals surface area contributed by atoms with E-state index < -0.39 is 41.3 Å². The smallest absolute Gasteiger partial charge is 0.423 e. The monoisotopic (exact) mass is 502 g/mol. The molecule has 1 unspecified atom stereocenters. The highest BCUT2D eigenvalue weighted by Crippen LogP contribution is 2.41.